The first-order valence-electron chi connectivity index (χ1n) is 4.41. The topological polar surface area (TPSA) is 20.2 Å². The van der Waals surface area contributed by atoms with E-state index in [-0.39, 0.29) is 6.42 Å². The maximum Gasteiger partial charge on any atom is 0.126 e. The highest BCUT2D eigenvalue weighted by Crippen LogP contribution is 2.28. The lowest BCUT2D eigenvalue weighted by Crippen LogP contribution is -2.21. The molecule has 0 saturated heterocycles. The summed E-state index contributed by atoms with van der Waals surface area (Å²) in [6, 6.07) is 7.37. The summed E-state index contributed by atoms with van der Waals surface area (Å²) in [6.07, 6.45) is 6.91. The zero-order chi connectivity index (χ0) is 11.3. The number of hydrogen-bond acceptors (Lipinski definition) is 1. The summed E-state index contributed by atoms with van der Waals surface area (Å²) in [5.74, 6) is 2.45. The molecule has 0 bridgehead atoms. The predicted octanol–water partition coefficient (Wildman–Crippen LogP) is 3.00. The minimum atomic E-state index is -1.18. The van der Waals surface area contributed by atoms with Gasteiger partial charge < -0.3 is 5.11 Å². The highest BCUT2D eigenvalue weighted by molar-refractivity contribution is 9.10. The molecular weight excluding hydrogens is 252 g/mol. The molecular formula is C13H11BrO. The number of hydrogen-bond donors (Lipinski definition) is 1. The molecule has 15 heavy (non-hydrogen) atoms. The van der Waals surface area contributed by atoms with E-state index in [0.717, 1.165) is 10.0 Å². The Kier molecular flexibility index (Phi) is 3.94. The van der Waals surface area contributed by atoms with Crippen molar-refractivity contribution in [2.24, 2.45) is 0 Å². The maximum atomic E-state index is 10.3. The van der Waals surface area contributed by atoms with E-state index in [9.17, 15) is 5.11 Å². The number of benzene rings is 1. The molecule has 0 aromatic heterocycles. The van der Waals surface area contributed by atoms with Crippen LogP contribution in [0.1, 0.15) is 12.0 Å². The molecule has 1 atom stereocenters. The molecule has 0 fully saturated rings. The largest absolute Gasteiger partial charge is 0.379 e. The second-order valence-corrected chi connectivity index (χ2v) is 4.08. The molecule has 0 saturated carbocycles. The van der Waals surface area contributed by atoms with Crippen molar-refractivity contribution in [1.82, 2.24) is 0 Å². The van der Waals surface area contributed by atoms with Crippen molar-refractivity contribution in [3.8, 4) is 12.3 Å². The van der Waals surface area contributed by atoms with Gasteiger partial charge in [-0.15, -0.1) is 18.1 Å². The van der Waals surface area contributed by atoms with Gasteiger partial charge >= 0.3 is 0 Å². The number of aliphatic hydroxyl groups is 1. The van der Waals surface area contributed by atoms with Gasteiger partial charge in [0.25, 0.3) is 0 Å². The van der Waals surface area contributed by atoms with Crippen molar-refractivity contribution < 1.29 is 5.11 Å². The Bertz CT molecular complexity index is 438. The molecule has 1 nitrogen and oxygen atoms in total. The van der Waals surface area contributed by atoms with Gasteiger partial charge in [0.1, 0.15) is 5.60 Å². The zero-order valence-corrected chi connectivity index (χ0v) is 9.79. The minimum absolute atomic E-state index is 0.200. The SMILES string of the molecule is C#CCC(O)(C=C=C)c1cccc(Br)c1. The first kappa shape index (κ1) is 11.8. The van der Waals surface area contributed by atoms with Crippen LogP contribution in [-0.2, 0) is 5.60 Å². The third-order valence-corrected chi connectivity index (χ3v) is 2.53. The van der Waals surface area contributed by atoms with Crippen LogP contribution in [0.4, 0.5) is 0 Å². The summed E-state index contributed by atoms with van der Waals surface area (Å²) in [4.78, 5) is 0. The fraction of sp³-hybridized carbons (Fsp3) is 0.154. The van der Waals surface area contributed by atoms with Gasteiger partial charge in [-0.25, -0.2) is 0 Å². The van der Waals surface area contributed by atoms with Crippen LogP contribution in [0, 0.1) is 12.3 Å². The summed E-state index contributed by atoms with van der Waals surface area (Å²) in [5.41, 5.74) is 2.12. The van der Waals surface area contributed by atoms with Gasteiger partial charge in [0.05, 0.1) is 0 Å². The van der Waals surface area contributed by atoms with Crippen LogP contribution in [0.5, 0.6) is 0 Å². The molecule has 0 amide bonds. The Morgan fingerprint density at radius 3 is 2.87 bits per heavy atom. The van der Waals surface area contributed by atoms with Gasteiger partial charge in [0.2, 0.25) is 0 Å². The van der Waals surface area contributed by atoms with Crippen LogP contribution < -0.4 is 0 Å². The molecule has 1 aromatic carbocycles. The normalized spacial score (nSPS) is 13.4. The van der Waals surface area contributed by atoms with Crippen LogP contribution in [0.25, 0.3) is 0 Å². The molecule has 0 heterocycles. The molecule has 0 radical (unpaired) electrons. The lowest BCUT2D eigenvalue weighted by molar-refractivity contribution is 0.0955. The van der Waals surface area contributed by atoms with E-state index in [4.69, 9.17) is 6.42 Å². The van der Waals surface area contributed by atoms with Crippen LogP contribution in [0.15, 0.2) is 47.1 Å². The van der Waals surface area contributed by atoms with Crippen LogP contribution >= 0.6 is 15.9 Å². The van der Waals surface area contributed by atoms with Gasteiger partial charge in [-0.1, -0.05) is 34.6 Å². The second-order valence-electron chi connectivity index (χ2n) is 3.16. The Labute approximate surface area is 98.3 Å². The van der Waals surface area contributed by atoms with E-state index >= 15 is 0 Å². The molecule has 1 N–H and O–H groups in total. The second kappa shape index (κ2) is 5.00. The van der Waals surface area contributed by atoms with Gasteiger partial charge in [0.15, 0.2) is 0 Å². The van der Waals surface area contributed by atoms with Gasteiger partial charge in [0, 0.05) is 10.9 Å². The van der Waals surface area contributed by atoms with Crippen molar-refractivity contribution in [3.05, 3.63) is 52.7 Å². The quantitative estimate of drug-likeness (QED) is 0.656. The van der Waals surface area contributed by atoms with Gasteiger partial charge in [-0.05, 0) is 23.8 Å². The van der Waals surface area contributed by atoms with Gasteiger partial charge in [-0.2, -0.15) is 0 Å². The minimum Gasteiger partial charge on any atom is -0.379 e. The number of rotatable bonds is 3. The third kappa shape index (κ3) is 2.84. The fourth-order valence-corrected chi connectivity index (χ4v) is 1.72. The Morgan fingerprint density at radius 1 is 1.60 bits per heavy atom. The Balaban J connectivity index is 3.21. The van der Waals surface area contributed by atoms with E-state index in [2.05, 4.69) is 34.2 Å². The Hall–Kier alpha value is -1.26. The molecule has 0 aliphatic rings. The van der Waals surface area contributed by atoms with Crippen LogP contribution in [0.2, 0.25) is 0 Å². The summed E-state index contributed by atoms with van der Waals surface area (Å²) in [7, 11) is 0. The van der Waals surface area contributed by atoms with E-state index in [0.29, 0.717) is 0 Å². The van der Waals surface area contributed by atoms with Crippen LogP contribution in [0.3, 0.4) is 0 Å². The Morgan fingerprint density at radius 2 is 2.33 bits per heavy atom. The first-order valence-corrected chi connectivity index (χ1v) is 5.20. The molecule has 76 valence electrons. The summed E-state index contributed by atoms with van der Waals surface area (Å²) in [5, 5.41) is 10.3. The lowest BCUT2D eigenvalue weighted by atomic mass is 9.91. The summed E-state index contributed by atoms with van der Waals surface area (Å²) in [6.45, 7) is 3.46. The van der Waals surface area contributed by atoms with Gasteiger partial charge in [-0.3, -0.25) is 0 Å². The zero-order valence-electron chi connectivity index (χ0n) is 8.20. The molecule has 0 aliphatic heterocycles. The van der Waals surface area contributed by atoms with Crippen molar-refractivity contribution in [2.45, 2.75) is 12.0 Å². The molecule has 1 aromatic rings. The third-order valence-electron chi connectivity index (χ3n) is 2.04. The monoisotopic (exact) mass is 262 g/mol. The molecule has 0 spiro atoms. The van der Waals surface area contributed by atoms with Crippen molar-refractivity contribution >= 4 is 15.9 Å². The van der Waals surface area contributed by atoms with E-state index in [1.165, 1.54) is 6.08 Å². The number of terminal acetylenes is 1. The molecule has 2 heteroatoms. The smallest absolute Gasteiger partial charge is 0.126 e. The predicted molar refractivity (Wildman–Crippen MR) is 65.2 cm³/mol. The molecule has 1 rings (SSSR count). The highest BCUT2D eigenvalue weighted by Gasteiger charge is 2.25. The van der Waals surface area contributed by atoms with Crippen molar-refractivity contribution in [1.29, 1.82) is 0 Å². The molecule has 1 unspecified atom stereocenters. The average molecular weight is 263 g/mol. The van der Waals surface area contributed by atoms with E-state index in [1.54, 1.807) is 0 Å². The molecule has 0 aliphatic carbocycles. The van der Waals surface area contributed by atoms with E-state index < -0.39 is 5.60 Å². The van der Waals surface area contributed by atoms with Crippen molar-refractivity contribution in [3.63, 3.8) is 0 Å². The van der Waals surface area contributed by atoms with Crippen LogP contribution in [-0.4, -0.2) is 5.11 Å². The maximum absolute atomic E-state index is 10.3. The van der Waals surface area contributed by atoms with Crippen molar-refractivity contribution in [2.75, 3.05) is 0 Å². The summed E-state index contributed by atoms with van der Waals surface area (Å²) >= 11 is 3.34. The average Bonchev–Trinajstić information content (AvgIpc) is 2.18. The summed E-state index contributed by atoms with van der Waals surface area (Å²) < 4.78 is 0.896. The fourth-order valence-electron chi connectivity index (χ4n) is 1.32. The first-order chi connectivity index (χ1) is 7.12. The lowest BCUT2D eigenvalue weighted by Gasteiger charge is -2.21. The highest BCUT2D eigenvalue weighted by atomic mass is 79.9. The van der Waals surface area contributed by atoms with E-state index in [1.807, 2.05) is 24.3 Å². The standard InChI is InChI=1S/C13H11BrO/c1-3-8-13(15,9-4-2)11-6-5-7-12(14)10-11/h1,5-7,9-10,15H,2,8H2. The number of halogens is 1.